The van der Waals surface area contributed by atoms with E-state index in [4.69, 9.17) is 0 Å². The molecule has 2 rings (SSSR count). The minimum Gasteiger partial charge on any atom is -0.507 e. The number of hydrogen-bond acceptors (Lipinski definition) is 6. The van der Waals surface area contributed by atoms with Crippen LogP contribution in [0.15, 0.2) is 47.6 Å². The molecule has 0 heterocycles. The van der Waals surface area contributed by atoms with Crippen LogP contribution in [0.1, 0.15) is 24.0 Å². The summed E-state index contributed by atoms with van der Waals surface area (Å²) in [6, 6.07) is 10.7. The number of aromatic hydroxyl groups is 1. The first-order valence-corrected chi connectivity index (χ1v) is 8.01. The maximum Gasteiger partial charge on any atom is 0.270 e. The topological polar surface area (TPSA) is 134 Å². The molecule has 3 N–H and O–H groups in total. The average molecular weight is 370 g/mol. The smallest absolute Gasteiger partial charge is 0.270 e. The zero-order chi connectivity index (χ0) is 19.8. The van der Waals surface area contributed by atoms with Crippen molar-refractivity contribution < 1.29 is 19.6 Å². The Morgan fingerprint density at radius 1 is 1.19 bits per heavy atom. The average Bonchev–Trinajstić information content (AvgIpc) is 2.63. The fourth-order valence-electron chi connectivity index (χ4n) is 2.14. The number of carbonyl (C=O) groups excluding carboxylic acids is 2. The van der Waals surface area contributed by atoms with E-state index in [1.165, 1.54) is 0 Å². The first-order valence-electron chi connectivity index (χ1n) is 8.01. The van der Waals surface area contributed by atoms with Crippen LogP contribution in [0.4, 0.5) is 11.4 Å². The summed E-state index contributed by atoms with van der Waals surface area (Å²) >= 11 is 0. The zero-order valence-electron chi connectivity index (χ0n) is 14.5. The Morgan fingerprint density at radius 3 is 2.59 bits per heavy atom. The summed E-state index contributed by atoms with van der Waals surface area (Å²) in [7, 11) is 0. The Balaban J connectivity index is 1.83. The van der Waals surface area contributed by atoms with Gasteiger partial charge in [0, 0.05) is 36.2 Å². The molecule has 0 unspecified atom stereocenters. The summed E-state index contributed by atoms with van der Waals surface area (Å²) in [5.74, 6) is -1.02. The number of nitro groups is 1. The highest BCUT2D eigenvalue weighted by molar-refractivity contribution is 5.94. The molecule has 0 saturated heterocycles. The number of nitrogens with zero attached hydrogens (tertiary/aromatic N) is 2. The third-order valence-corrected chi connectivity index (χ3v) is 3.61. The van der Waals surface area contributed by atoms with Crippen molar-refractivity contribution in [2.45, 2.75) is 19.8 Å². The number of phenolic OH excluding ortho intramolecular Hbond substituents is 1. The fourth-order valence-corrected chi connectivity index (χ4v) is 2.14. The predicted octanol–water partition coefficient (Wildman–Crippen LogP) is 2.48. The Bertz CT molecular complexity index is 895. The van der Waals surface area contributed by atoms with Gasteiger partial charge in [-0.25, -0.2) is 5.43 Å². The summed E-state index contributed by atoms with van der Waals surface area (Å²) in [5.41, 5.74) is 3.67. The van der Waals surface area contributed by atoms with E-state index in [0.29, 0.717) is 5.69 Å². The van der Waals surface area contributed by atoms with Crippen LogP contribution in [0, 0.1) is 17.0 Å². The van der Waals surface area contributed by atoms with Crippen molar-refractivity contribution in [1.82, 2.24) is 5.43 Å². The molecule has 0 spiro atoms. The molecule has 0 aliphatic carbocycles. The minimum atomic E-state index is -0.609. The Labute approximate surface area is 154 Å². The largest absolute Gasteiger partial charge is 0.507 e. The molecule has 0 aromatic heterocycles. The van der Waals surface area contributed by atoms with Gasteiger partial charge in [0.1, 0.15) is 5.75 Å². The number of nitrogens with one attached hydrogen (secondary N) is 2. The third-order valence-electron chi connectivity index (χ3n) is 3.61. The first kappa shape index (κ1) is 19.6. The predicted molar refractivity (Wildman–Crippen MR) is 99.5 cm³/mol. The van der Waals surface area contributed by atoms with Gasteiger partial charge in [0.05, 0.1) is 11.1 Å². The number of phenols is 1. The summed E-state index contributed by atoms with van der Waals surface area (Å²) in [5, 5.41) is 26.7. The van der Waals surface area contributed by atoms with Crippen LogP contribution in [0.5, 0.6) is 5.75 Å². The van der Waals surface area contributed by atoms with E-state index < -0.39 is 10.8 Å². The SMILES string of the molecule is Cc1ccccc1NC(=O)CCC(=O)N/N=C/c1cc([N+](=O)[O-])ccc1O. The second-order valence-electron chi connectivity index (χ2n) is 5.66. The number of rotatable bonds is 7. The molecule has 0 radical (unpaired) electrons. The Morgan fingerprint density at radius 2 is 1.89 bits per heavy atom. The summed E-state index contributed by atoms with van der Waals surface area (Å²) < 4.78 is 0. The van der Waals surface area contributed by atoms with Crippen molar-refractivity contribution in [3.05, 3.63) is 63.7 Å². The van der Waals surface area contributed by atoms with Gasteiger partial charge in [0.15, 0.2) is 0 Å². The van der Waals surface area contributed by atoms with Gasteiger partial charge in [-0.1, -0.05) is 18.2 Å². The van der Waals surface area contributed by atoms with Gasteiger partial charge in [0.2, 0.25) is 11.8 Å². The first-order chi connectivity index (χ1) is 12.9. The standard InChI is InChI=1S/C18H18N4O5/c1-12-4-2-3-5-15(12)20-17(24)8-9-18(25)21-19-11-13-10-14(22(26)27)6-7-16(13)23/h2-7,10-11,23H,8-9H2,1H3,(H,20,24)(H,21,25)/b19-11+. The van der Waals surface area contributed by atoms with Crippen molar-refractivity contribution in [3.8, 4) is 5.75 Å². The van der Waals surface area contributed by atoms with Crippen LogP contribution in [-0.2, 0) is 9.59 Å². The Hall–Kier alpha value is -3.75. The van der Waals surface area contributed by atoms with E-state index in [1.54, 1.807) is 12.1 Å². The van der Waals surface area contributed by atoms with E-state index >= 15 is 0 Å². The van der Waals surface area contributed by atoms with Crippen LogP contribution < -0.4 is 10.7 Å². The number of para-hydroxylation sites is 1. The molecular formula is C18H18N4O5. The van der Waals surface area contributed by atoms with E-state index in [0.717, 1.165) is 30.0 Å². The van der Waals surface area contributed by atoms with Gasteiger partial charge in [-0.05, 0) is 24.6 Å². The van der Waals surface area contributed by atoms with E-state index in [9.17, 15) is 24.8 Å². The minimum absolute atomic E-state index is 0.0300. The molecule has 9 nitrogen and oxygen atoms in total. The third kappa shape index (κ3) is 5.92. The van der Waals surface area contributed by atoms with Crippen LogP contribution in [0.2, 0.25) is 0 Å². The molecule has 0 fully saturated rings. The van der Waals surface area contributed by atoms with Gasteiger partial charge in [-0.2, -0.15) is 5.10 Å². The zero-order valence-corrected chi connectivity index (χ0v) is 14.5. The number of carbonyl (C=O) groups is 2. The molecule has 0 aliphatic heterocycles. The lowest BCUT2D eigenvalue weighted by atomic mass is 10.2. The van der Waals surface area contributed by atoms with Crippen molar-refractivity contribution in [2.75, 3.05) is 5.32 Å². The molecular weight excluding hydrogens is 352 g/mol. The van der Waals surface area contributed by atoms with Crippen molar-refractivity contribution in [3.63, 3.8) is 0 Å². The highest BCUT2D eigenvalue weighted by atomic mass is 16.6. The van der Waals surface area contributed by atoms with Gasteiger partial charge in [-0.3, -0.25) is 19.7 Å². The van der Waals surface area contributed by atoms with E-state index in [2.05, 4.69) is 15.8 Å². The molecule has 140 valence electrons. The summed E-state index contributed by atoms with van der Waals surface area (Å²) in [4.78, 5) is 33.7. The number of amides is 2. The number of aryl methyl sites for hydroxylation is 1. The monoisotopic (exact) mass is 370 g/mol. The lowest BCUT2D eigenvalue weighted by Crippen LogP contribution is -2.20. The normalized spacial score (nSPS) is 10.6. The quantitative estimate of drug-likeness (QED) is 0.391. The lowest BCUT2D eigenvalue weighted by molar-refractivity contribution is -0.384. The maximum absolute atomic E-state index is 11.9. The highest BCUT2D eigenvalue weighted by Crippen LogP contribution is 2.21. The number of anilines is 1. The highest BCUT2D eigenvalue weighted by Gasteiger charge is 2.10. The number of hydrogen-bond donors (Lipinski definition) is 3. The molecule has 2 aromatic rings. The molecule has 0 saturated carbocycles. The molecule has 0 bridgehead atoms. The lowest BCUT2D eigenvalue weighted by Gasteiger charge is -2.07. The summed E-state index contributed by atoms with van der Waals surface area (Å²) in [6.07, 6.45) is 0.974. The maximum atomic E-state index is 11.9. The van der Waals surface area contributed by atoms with Crippen LogP contribution in [-0.4, -0.2) is 28.1 Å². The van der Waals surface area contributed by atoms with Gasteiger partial charge < -0.3 is 10.4 Å². The summed E-state index contributed by atoms with van der Waals surface area (Å²) in [6.45, 7) is 1.86. The van der Waals surface area contributed by atoms with Crippen molar-refractivity contribution in [2.24, 2.45) is 5.10 Å². The number of non-ortho nitro benzene ring substituents is 1. The van der Waals surface area contributed by atoms with Crippen LogP contribution in [0.25, 0.3) is 0 Å². The van der Waals surface area contributed by atoms with E-state index in [-0.39, 0.29) is 35.7 Å². The van der Waals surface area contributed by atoms with Crippen molar-refractivity contribution >= 4 is 29.4 Å². The molecule has 27 heavy (non-hydrogen) atoms. The number of hydrazone groups is 1. The number of benzene rings is 2. The molecule has 0 atom stereocenters. The second-order valence-corrected chi connectivity index (χ2v) is 5.66. The number of nitro benzene ring substituents is 1. The van der Waals surface area contributed by atoms with Gasteiger partial charge >= 0.3 is 0 Å². The molecule has 2 amide bonds. The van der Waals surface area contributed by atoms with Crippen molar-refractivity contribution in [1.29, 1.82) is 0 Å². The van der Waals surface area contributed by atoms with Gasteiger partial charge in [-0.15, -0.1) is 0 Å². The fraction of sp³-hybridized carbons (Fsp3) is 0.167. The molecule has 0 aliphatic rings. The van der Waals surface area contributed by atoms with Crippen LogP contribution >= 0.6 is 0 Å². The molecule has 2 aromatic carbocycles. The molecule has 9 heteroatoms. The van der Waals surface area contributed by atoms with E-state index in [1.807, 2.05) is 19.1 Å². The second kappa shape index (κ2) is 9.09. The van der Waals surface area contributed by atoms with Crippen LogP contribution in [0.3, 0.4) is 0 Å². The Kier molecular flexibility index (Phi) is 6.59. The van der Waals surface area contributed by atoms with Gasteiger partial charge in [0.25, 0.3) is 5.69 Å².